The number of hydrogen-bond donors (Lipinski definition) is 1. The predicted octanol–water partition coefficient (Wildman–Crippen LogP) is 6.86. The Morgan fingerprint density at radius 1 is 1.06 bits per heavy atom. The Morgan fingerprint density at radius 3 is 2.48 bits per heavy atom. The van der Waals surface area contributed by atoms with Gasteiger partial charge in [-0.2, -0.15) is 0 Å². The summed E-state index contributed by atoms with van der Waals surface area (Å²) in [6, 6.07) is 11.7. The van der Waals surface area contributed by atoms with E-state index in [1.807, 2.05) is 18.2 Å². The van der Waals surface area contributed by atoms with Gasteiger partial charge in [-0.3, -0.25) is 0 Å². The van der Waals surface area contributed by atoms with Crippen LogP contribution in [0.4, 0.5) is 0 Å². The van der Waals surface area contributed by atoms with E-state index >= 15 is 0 Å². The van der Waals surface area contributed by atoms with Gasteiger partial charge < -0.3 is 19.4 Å². The highest BCUT2D eigenvalue weighted by Crippen LogP contribution is 2.45. The summed E-state index contributed by atoms with van der Waals surface area (Å²) in [6.45, 7) is 3.23. The van der Waals surface area contributed by atoms with Crippen molar-refractivity contribution in [2.45, 2.75) is 70.7 Å². The van der Waals surface area contributed by atoms with E-state index in [4.69, 9.17) is 37.8 Å². The number of halogens is 2. The lowest BCUT2D eigenvalue weighted by molar-refractivity contribution is -0.107. The van der Waals surface area contributed by atoms with E-state index in [0.29, 0.717) is 29.7 Å². The first kappa shape index (κ1) is 25.7. The van der Waals surface area contributed by atoms with E-state index in [0.717, 1.165) is 63.2 Å². The Hall–Kier alpha value is -1.59. The van der Waals surface area contributed by atoms with Crippen LogP contribution < -0.4 is 4.74 Å². The molecule has 0 aliphatic carbocycles. The first-order valence-corrected chi connectivity index (χ1v) is 11.6. The topological polar surface area (TPSA) is 55.8 Å². The summed E-state index contributed by atoms with van der Waals surface area (Å²) < 4.78 is 12.3. The highest BCUT2D eigenvalue weighted by Gasteiger charge is 2.38. The van der Waals surface area contributed by atoms with Crippen molar-refractivity contribution >= 4 is 29.5 Å². The number of benzene rings is 2. The molecule has 1 atom stereocenters. The van der Waals surface area contributed by atoms with Crippen LogP contribution in [0.1, 0.15) is 68.6 Å². The molecule has 0 spiro atoms. The van der Waals surface area contributed by atoms with Gasteiger partial charge in [0.15, 0.2) is 0 Å². The van der Waals surface area contributed by atoms with Crippen molar-refractivity contribution in [2.75, 3.05) is 7.11 Å². The van der Waals surface area contributed by atoms with E-state index in [9.17, 15) is 4.79 Å². The quantitative estimate of drug-likeness (QED) is 0.290. The molecule has 0 saturated heterocycles. The van der Waals surface area contributed by atoms with Crippen LogP contribution in [0.3, 0.4) is 0 Å². The number of rotatable bonds is 11. The summed E-state index contributed by atoms with van der Waals surface area (Å²) in [4.78, 5) is 10.5. The van der Waals surface area contributed by atoms with Crippen molar-refractivity contribution in [1.29, 1.82) is 0 Å². The molecule has 0 amide bonds. The molecular formula is C25H32Cl2O4. The minimum absolute atomic E-state index is 0.204. The van der Waals surface area contributed by atoms with Gasteiger partial charge in [0.05, 0.1) is 12.2 Å². The summed E-state index contributed by atoms with van der Waals surface area (Å²) in [7, 11) is 1.00. The van der Waals surface area contributed by atoms with Crippen LogP contribution in [-0.2, 0) is 28.3 Å². The highest BCUT2D eigenvalue weighted by molar-refractivity contribution is 6.34. The second-order valence-corrected chi connectivity index (χ2v) is 8.56. The Balaban J connectivity index is 0.00000166. The first-order chi connectivity index (χ1) is 15.1. The van der Waals surface area contributed by atoms with E-state index in [1.165, 1.54) is 11.1 Å². The number of aldehydes is 1. The van der Waals surface area contributed by atoms with Crippen molar-refractivity contribution in [2.24, 2.45) is 0 Å². The van der Waals surface area contributed by atoms with Gasteiger partial charge in [0, 0.05) is 23.6 Å². The third-order valence-electron chi connectivity index (χ3n) is 5.46. The molecule has 31 heavy (non-hydrogen) atoms. The zero-order valence-electron chi connectivity index (χ0n) is 18.3. The lowest BCUT2D eigenvalue weighted by atomic mass is 9.83. The molecule has 1 aliphatic heterocycles. The minimum atomic E-state index is -0.204. The Morgan fingerprint density at radius 2 is 1.81 bits per heavy atom. The molecule has 4 nitrogen and oxygen atoms in total. The number of fused-ring (bicyclic) bond motifs is 1. The summed E-state index contributed by atoms with van der Waals surface area (Å²) in [5, 5.41) is 8.21. The van der Waals surface area contributed by atoms with Gasteiger partial charge in [0.1, 0.15) is 18.6 Å². The normalized spacial score (nSPS) is 16.9. The molecule has 6 heteroatoms. The summed E-state index contributed by atoms with van der Waals surface area (Å²) in [5.41, 5.74) is 3.22. The molecule has 1 aliphatic rings. The van der Waals surface area contributed by atoms with Crippen molar-refractivity contribution in [3.8, 4) is 5.75 Å². The zero-order chi connectivity index (χ0) is 22.7. The van der Waals surface area contributed by atoms with Crippen molar-refractivity contribution in [3.63, 3.8) is 0 Å². The first-order valence-electron chi connectivity index (χ1n) is 10.8. The third-order valence-corrected chi connectivity index (χ3v) is 5.89. The number of carbonyl (C=O) groups excluding carboxylic acids is 1. The minimum Gasteiger partial charge on any atom is -0.489 e. The molecule has 1 N–H and O–H groups in total. The van der Waals surface area contributed by atoms with Crippen LogP contribution in [0.25, 0.3) is 0 Å². The summed E-state index contributed by atoms with van der Waals surface area (Å²) >= 11 is 12.1. The Bertz CT molecular complexity index is 820. The monoisotopic (exact) mass is 466 g/mol. The number of aliphatic hydroxyl groups excluding tert-OH is 1. The van der Waals surface area contributed by atoms with Crippen LogP contribution in [0, 0.1) is 0 Å². The number of aliphatic hydroxyl groups is 1. The fraction of sp³-hybridized carbons (Fsp3) is 0.480. The third kappa shape index (κ3) is 7.21. The van der Waals surface area contributed by atoms with E-state index < -0.39 is 0 Å². The van der Waals surface area contributed by atoms with Crippen LogP contribution in [0.5, 0.6) is 5.75 Å². The Labute approximate surface area is 195 Å². The zero-order valence-corrected chi connectivity index (χ0v) is 19.8. The SMILES string of the molecule is CCCC1(CCCCCC=O)OCc2cc(OCc3cc(Cl)cc(Cl)c3)ccc21.CO. The van der Waals surface area contributed by atoms with Gasteiger partial charge in [-0.25, -0.2) is 0 Å². The summed E-state index contributed by atoms with van der Waals surface area (Å²) in [5.74, 6) is 0.821. The maximum Gasteiger partial charge on any atom is 0.120 e. The fourth-order valence-electron chi connectivity index (χ4n) is 4.14. The largest absolute Gasteiger partial charge is 0.489 e. The van der Waals surface area contributed by atoms with Crippen molar-refractivity contribution in [3.05, 3.63) is 63.1 Å². The second kappa shape index (κ2) is 13.1. The van der Waals surface area contributed by atoms with Gasteiger partial charge in [0.25, 0.3) is 0 Å². The van der Waals surface area contributed by atoms with Crippen LogP contribution in [-0.4, -0.2) is 18.5 Å². The van der Waals surface area contributed by atoms with Gasteiger partial charge in [-0.1, -0.05) is 55.5 Å². The van der Waals surface area contributed by atoms with E-state index in [-0.39, 0.29) is 5.60 Å². The number of ether oxygens (including phenoxy) is 2. The van der Waals surface area contributed by atoms with Gasteiger partial charge in [-0.05, 0) is 66.3 Å². The fourth-order valence-corrected chi connectivity index (χ4v) is 4.71. The van der Waals surface area contributed by atoms with Crippen molar-refractivity contribution < 1.29 is 19.4 Å². The molecular weight excluding hydrogens is 435 g/mol. The van der Waals surface area contributed by atoms with Gasteiger partial charge in [-0.15, -0.1) is 0 Å². The molecule has 170 valence electrons. The molecule has 0 bridgehead atoms. The van der Waals surface area contributed by atoms with Gasteiger partial charge >= 0.3 is 0 Å². The Kier molecular flexibility index (Phi) is 10.8. The van der Waals surface area contributed by atoms with Crippen LogP contribution in [0.15, 0.2) is 36.4 Å². The number of hydrogen-bond acceptors (Lipinski definition) is 4. The second-order valence-electron chi connectivity index (χ2n) is 7.68. The molecule has 3 rings (SSSR count). The lowest BCUT2D eigenvalue weighted by Crippen LogP contribution is -2.25. The lowest BCUT2D eigenvalue weighted by Gasteiger charge is -2.29. The van der Waals surface area contributed by atoms with Crippen LogP contribution in [0.2, 0.25) is 10.0 Å². The average Bonchev–Trinajstić information content (AvgIpc) is 3.11. The molecule has 1 heterocycles. The van der Waals surface area contributed by atoms with Gasteiger partial charge in [0.2, 0.25) is 0 Å². The molecule has 2 aromatic rings. The average molecular weight is 467 g/mol. The molecule has 2 aromatic carbocycles. The highest BCUT2D eigenvalue weighted by atomic mass is 35.5. The van der Waals surface area contributed by atoms with Crippen molar-refractivity contribution in [1.82, 2.24) is 0 Å². The predicted molar refractivity (Wildman–Crippen MR) is 126 cm³/mol. The standard InChI is InChI=1S/C24H28Cl2O3.CH4O/c1-2-9-24(10-5-3-4-6-11-27)23-8-7-22(14-19(23)17-29-24)28-16-18-12-20(25)15-21(26)13-18;1-2/h7-8,11-15H,2-6,9-10,16-17H2,1H3;2H,1H3. The smallest absolute Gasteiger partial charge is 0.120 e. The maximum absolute atomic E-state index is 10.5. The molecule has 0 saturated carbocycles. The maximum atomic E-state index is 10.5. The summed E-state index contributed by atoms with van der Waals surface area (Å²) in [6.07, 6.45) is 7.81. The molecule has 0 aromatic heterocycles. The molecule has 1 unspecified atom stereocenters. The number of unbranched alkanes of at least 4 members (excludes halogenated alkanes) is 3. The molecule has 0 radical (unpaired) electrons. The van der Waals surface area contributed by atoms with E-state index in [2.05, 4.69) is 19.1 Å². The van der Waals surface area contributed by atoms with E-state index in [1.54, 1.807) is 6.07 Å². The number of carbonyl (C=O) groups is 1. The molecule has 0 fully saturated rings. The van der Waals surface area contributed by atoms with Crippen LogP contribution >= 0.6 is 23.2 Å².